The van der Waals surface area contributed by atoms with Crippen LogP contribution in [-0.2, 0) is 9.59 Å². The third kappa shape index (κ3) is 4.87. The summed E-state index contributed by atoms with van der Waals surface area (Å²) in [6, 6.07) is 6.87. The quantitative estimate of drug-likeness (QED) is 0.539. The highest BCUT2D eigenvalue weighted by atomic mass is 16.2. The van der Waals surface area contributed by atoms with Crippen molar-refractivity contribution in [2.24, 2.45) is 0 Å². The Labute approximate surface area is 144 Å². The van der Waals surface area contributed by atoms with Crippen molar-refractivity contribution in [1.82, 2.24) is 25.8 Å². The second-order valence-electron chi connectivity index (χ2n) is 5.54. The van der Waals surface area contributed by atoms with Crippen LogP contribution in [0.2, 0.25) is 0 Å². The summed E-state index contributed by atoms with van der Waals surface area (Å²) in [5, 5.41) is 19.8. The van der Waals surface area contributed by atoms with Crippen LogP contribution in [-0.4, -0.2) is 46.1 Å². The van der Waals surface area contributed by atoms with Crippen LogP contribution in [0.4, 0.5) is 17.3 Å². The summed E-state index contributed by atoms with van der Waals surface area (Å²) in [7, 11) is 0. The van der Waals surface area contributed by atoms with Crippen LogP contribution in [0.1, 0.15) is 12.8 Å². The number of rotatable bonds is 7. The topological polar surface area (TPSA) is 121 Å². The number of aromatic nitrogens is 3. The van der Waals surface area contributed by atoms with E-state index >= 15 is 0 Å². The molecule has 1 aliphatic heterocycles. The first kappa shape index (κ1) is 16.6. The minimum Gasteiger partial charge on any atom is -0.367 e. The van der Waals surface area contributed by atoms with E-state index in [0.717, 1.165) is 5.69 Å². The van der Waals surface area contributed by atoms with Crippen LogP contribution in [0.5, 0.6) is 0 Å². The van der Waals surface area contributed by atoms with Gasteiger partial charge in [-0.05, 0) is 30.7 Å². The lowest BCUT2D eigenvalue weighted by molar-refractivity contribution is -0.125. The van der Waals surface area contributed by atoms with Crippen LogP contribution in [0.25, 0.3) is 0 Å². The molecule has 130 valence electrons. The van der Waals surface area contributed by atoms with Crippen LogP contribution in [0, 0.1) is 0 Å². The molecule has 0 spiro atoms. The van der Waals surface area contributed by atoms with Crippen molar-refractivity contribution in [2.45, 2.75) is 18.9 Å². The third-order valence-corrected chi connectivity index (χ3v) is 3.66. The number of carbonyl (C=O) groups is 2. The molecule has 0 aliphatic carbocycles. The molecule has 1 unspecified atom stereocenters. The van der Waals surface area contributed by atoms with Gasteiger partial charge in [0.25, 0.3) is 0 Å². The van der Waals surface area contributed by atoms with Gasteiger partial charge in [-0.15, -0.1) is 10.2 Å². The van der Waals surface area contributed by atoms with Crippen molar-refractivity contribution in [1.29, 1.82) is 0 Å². The Kier molecular flexibility index (Phi) is 5.35. The Morgan fingerprint density at radius 1 is 1.12 bits per heavy atom. The number of carbonyl (C=O) groups excluding carboxylic acids is 2. The molecule has 25 heavy (non-hydrogen) atoms. The van der Waals surface area contributed by atoms with Gasteiger partial charge in [0.15, 0.2) is 5.82 Å². The van der Waals surface area contributed by atoms with Crippen LogP contribution >= 0.6 is 0 Å². The molecule has 4 N–H and O–H groups in total. The molecule has 0 saturated carbocycles. The molecule has 2 amide bonds. The standard InChI is InChI=1S/C16H19N7O2/c24-15-4-1-12(21-15)16(25)19-10-9-18-13-2-3-14(23-22-13)20-11-5-7-17-8-6-11/h2-3,5-8,12H,1,4,9-10H2,(H,18,22)(H,19,25)(H,21,24)(H,17,20,23). The predicted molar refractivity (Wildman–Crippen MR) is 92.2 cm³/mol. The highest BCUT2D eigenvalue weighted by Crippen LogP contribution is 2.13. The van der Waals surface area contributed by atoms with E-state index in [-0.39, 0.29) is 11.8 Å². The zero-order chi connectivity index (χ0) is 17.5. The van der Waals surface area contributed by atoms with Gasteiger partial charge in [0.05, 0.1) is 0 Å². The summed E-state index contributed by atoms with van der Waals surface area (Å²) in [5.41, 5.74) is 0.881. The van der Waals surface area contributed by atoms with Crippen LogP contribution in [0.15, 0.2) is 36.7 Å². The fourth-order valence-corrected chi connectivity index (χ4v) is 2.39. The Morgan fingerprint density at radius 2 is 1.88 bits per heavy atom. The molecule has 2 aromatic heterocycles. The van der Waals surface area contributed by atoms with E-state index in [2.05, 4.69) is 36.4 Å². The Hall–Kier alpha value is -3.23. The minimum atomic E-state index is -0.411. The lowest BCUT2D eigenvalue weighted by atomic mass is 10.2. The third-order valence-electron chi connectivity index (χ3n) is 3.66. The van der Waals surface area contributed by atoms with Crippen molar-refractivity contribution in [3.05, 3.63) is 36.7 Å². The van der Waals surface area contributed by atoms with Gasteiger partial charge in [0.2, 0.25) is 11.8 Å². The fourth-order valence-electron chi connectivity index (χ4n) is 2.39. The summed E-state index contributed by atoms with van der Waals surface area (Å²) in [5.74, 6) is 1.01. The van der Waals surface area contributed by atoms with Crippen molar-refractivity contribution < 1.29 is 9.59 Å². The predicted octanol–water partition coefficient (Wildman–Crippen LogP) is 0.422. The number of nitrogens with zero attached hydrogens (tertiary/aromatic N) is 3. The SMILES string of the molecule is O=C1CCC(C(=O)NCCNc2ccc(Nc3ccncc3)nn2)N1. The number of amides is 2. The van der Waals surface area contributed by atoms with Crippen molar-refractivity contribution in [3.8, 4) is 0 Å². The second-order valence-corrected chi connectivity index (χ2v) is 5.54. The highest BCUT2D eigenvalue weighted by Gasteiger charge is 2.26. The summed E-state index contributed by atoms with van der Waals surface area (Å²) in [6.45, 7) is 0.947. The highest BCUT2D eigenvalue weighted by molar-refractivity contribution is 5.90. The maximum absolute atomic E-state index is 11.8. The van der Waals surface area contributed by atoms with E-state index in [1.165, 1.54) is 0 Å². The molecule has 3 heterocycles. The molecule has 9 nitrogen and oxygen atoms in total. The summed E-state index contributed by atoms with van der Waals surface area (Å²) in [4.78, 5) is 26.9. The van der Waals surface area contributed by atoms with Crippen LogP contribution < -0.4 is 21.3 Å². The normalized spacial score (nSPS) is 16.2. The van der Waals surface area contributed by atoms with Gasteiger partial charge in [-0.1, -0.05) is 0 Å². The second kappa shape index (κ2) is 8.04. The number of nitrogens with one attached hydrogen (secondary N) is 4. The molecule has 3 rings (SSSR count). The molecule has 0 aromatic carbocycles. The van der Waals surface area contributed by atoms with Crippen molar-refractivity contribution in [2.75, 3.05) is 23.7 Å². The molecule has 0 radical (unpaired) electrons. The zero-order valence-electron chi connectivity index (χ0n) is 13.5. The molecular formula is C16H19N7O2. The number of hydrogen-bond donors (Lipinski definition) is 4. The van der Waals surface area contributed by atoms with Gasteiger partial charge in [0, 0.05) is 37.6 Å². The van der Waals surface area contributed by atoms with E-state index in [1.54, 1.807) is 18.5 Å². The number of pyridine rings is 1. The smallest absolute Gasteiger partial charge is 0.242 e. The van der Waals surface area contributed by atoms with E-state index in [1.807, 2.05) is 18.2 Å². The van der Waals surface area contributed by atoms with Gasteiger partial charge < -0.3 is 21.3 Å². The van der Waals surface area contributed by atoms with Crippen molar-refractivity contribution >= 4 is 29.1 Å². The monoisotopic (exact) mass is 341 g/mol. The number of hydrogen-bond acceptors (Lipinski definition) is 7. The largest absolute Gasteiger partial charge is 0.367 e. The molecule has 0 bridgehead atoms. The van der Waals surface area contributed by atoms with Gasteiger partial charge in [-0.3, -0.25) is 14.6 Å². The van der Waals surface area contributed by atoms with Gasteiger partial charge in [-0.25, -0.2) is 0 Å². The van der Waals surface area contributed by atoms with Gasteiger partial charge >= 0.3 is 0 Å². The maximum atomic E-state index is 11.8. The maximum Gasteiger partial charge on any atom is 0.242 e. The van der Waals surface area contributed by atoms with Gasteiger partial charge in [-0.2, -0.15) is 0 Å². The Morgan fingerprint density at radius 3 is 2.56 bits per heavy atom. The number of anilines is 3. The first-order chi connectivity index (χ1) is 12.2. The lowest BCUT2D eigenvalue weighted by Gasteiger charge is -2.11. The van der Waals surface area contributed by atoms with E-state index < -0.39 is 6.04 Å². The average molecular weight is 341 g/mol. The van der Waals surface area contributed by atoms with E-state index in [4.69, 9.17) is 0 Å². The van der Waals surface area contributed by atoms with Crippen molar-refractivity contribution in [3.63, 3.8) is 0 Å². The summed E-state index contributed by atoms with van der Waals surface area (Å²) >= 11 is 0. The van der Waals surface area contributed by atoms with E-state index in [0.29, 0.717) is 37.6 Å². The molecular weight excluding hydrogens is 322 g/mol. The lowest BCUT2D eigenvalue weighted by Crippen LogP contribution is -2.43. The minimum absolute atomic E-state index is 0.0750. The summed E-state index contributed by atoms with van der Waals surface area (Å²) < 4.78 is 0. The summed E-state index contributed by atoms with van der Waals surface area (Å²) in [6.07, 6.45) is 4.34. The zero-order valence-corrected chi connectivity index (χ0v) is 13.5. The van der Waals surface area contributed by atoms with Gasteiger partial charge in [0.1, 0.15) is 11.9 Å². The molecule has 2 aromatic rings. The fraction of sp³-hybridized carbons (Fsp3) is 0.312. The average Bonchev–Trinajstić information content (AvgIpc) is 3.07. The first-order valence-corrected chi connectivity index (χ1v) is 8.02. The van der Waals surface area contributed by atoms with Crippen LogP contribution in [0.3, 0.4) is 0 Å². The molecule has 1 saturated heterocycles. The van der Waals surface area contributed by atoms with E-state index in [9.17, 15) is 9.59 Å². The Balaban J connectivity index is 1.38. The molecule has 1 aliphatic rings. The Bertz CT molecular complexity index is 721. The first-order valence-electron chi connectivity index (χ1n) is 8.02. The molecule has 9 heteroatoms. The molecule has 1 fully saturated rings. The molecule has 1 atom stereocenters.